The van der Waals surface area contributed by atoms with Gasteiger partial charge in [0, 0.05) is 42.3 Å². The number of hydrogen-bond donors (Lipinski definition) is 0. The zero-order valence-corrected chi connectivity index (χ0v) is 31.9. The first-order valence-corrected chi connectivity index (χ1v) is 20.0. The second-order valence-electron chi connectivity index (χ2n) is 15.4. The van der Waals surface area contributed by atoms with Gasteiger partial charge in [0.15, 0.2) is 5.82 Å². The number of benzene rings is 8. The van der Waals surface area contributed by atoms with Gasteiger partial charge >= 0.3 is 0 Å². The molecule has 0 N–H and O–H groups in total. The highest BCUT2D eigenvalue weighted by Gasteiger charge is 2.35. The summed E-state index contributed by atoms with van der Waals surface area (Å²) < 4.78 is 2.60. The standard InChI is InChI=1S/C53H36N2S/c1-53(2)46-21-10-8-18-42(46)43-25-24-36(30-47(43)53)48-32-49(55-52(54-48)34-14-4-3-5-15-34)39-28-37(27-38(29-39)41-20-12-16-33-13-6-7-17-40(33)41)35-23-26-45-44-19-9-11-22-50(44)56-51(45)31-35/h3-32H,1-2H3. The lowest BCUT2D eigenvalue weighted by molar-refractivity contribution is 0.660. The largest absolute Gasteiger partial charge is 0.228 e. The molecule has 8 aromatic carbocycles. The monoisotopic (exact) mass is 732 g/mol. The summed E-state index contributed by atoms with van der Waals surface area (Å²) in [6.45, 7) is 4.66. The Morgan fingerprint density at radius 3 is 1.91 bits per heavy atom. The Bertz CT molecular complexity index is 3170. The Morgan fingerprint density at radius 1 is 0.375 bits per heavy atom. The van der Waals surface area contributed by atoms with Crippen molar-refractivity contribution in [1.82, 2.24) is 9.97 Å². The summed E-state index contributed by atoms with van der Waals surface area (Å²) in [7, 11) is 0. The molecule has 10 aromatic rings. The van der Waals surface area contributed by atoms with Crippen LogP contribution in [0.5, 0.6) is 0 Å². The normalized spacial score (nSPS) is 13.0. The van der Waals surface area contributed by atoms with Gasteiger partial charge in [-0.1, -0.05) is 153 Å². The fourth-order valence-corrected chi connectivity index (χ4v) is 9.95. The smallest absolute Gasteiger partial charge is 0.160 e. The predicted octanol–water partition coefficient (Wildman–Crippen LogP) is 14.6. The van der Waals surface area contributed by atoms with E-state index in [1.807, 2.05) is 17.4 Å². The third-order valence-corrected chi connectivity index (χ3v) is 12.8. The molecule has 0 aliphatic heterocycles. The summed E-state index contributed by atoms with van der Waals surface area (Å²) in [5, 5.41) is 5.06. The van der Waals surface area contributed by atoms with E-state index >= 15 is 0 Å². The van der Waals surface area contributed by atoms with E-state index in [1.165, 1.54) is 64.3 Å². The second-order valence-corrected chi connectivity index (χ2v) is 16.5. The molecule has 1 aliphatic carbocycles. The molecule has 0 atom stereocenters. The van der Waals surface area contributed by atoms with Gasteiger partial charge in [-0.2, -0.15) is 0 Å². The van der Waals surface area contributed by atoms with E-state index in [2.05, 4.69) is 190 Å². The van der Waals surface area contributed by atoms with Gasteiger partial charge in [0.1, 0.15) is 0 Å². The van der Waals surface area contributed by atoms with Crippen molar-refractivity contribution in [3.63, 3.8) is 0 Å². The number of aromatic nitrogens is 2. The van der Waals surface area contributed by atoms with E-state index in [0.717, 1.165) is 39.2 Å². The van der Waals surface area contributed by atoms with Crippen molar-refractivity contribution in [3.05, 3.63) is 193 Å². The average Bonchev–Trinajstić information content (AvgIpc) is 3.74. The quantitative estimate of drug-likeness (QED) is 0.176. The Morgan fingerprint density at radius 2 is 1.02 bits per heavy atom. The molecule has 56 heavy (non-hydrogen) atoms. The highest BCUT2D eigenvalue weighted by atomic mass is 32.1. The maximum Gasteiger partial charge on any atom is 0.160 e. The summed E-state index contributed by atoms with van der Waals surface area (Å²) in [4.78, 5) is 10.6. The van der Waals surface area contributed by atoms with Crippen molar-refractivity contribution in [3.8, 4) is 67.3 Å². The van der Waals surface area contributed by atoms with Crippen LogP contribution >= 0.6 is 11.3 Å². The highest BCUT2D eigenvalue weighted by molar-refractivity contribution is 7.25. The molecule has 0 fully saturated rings. The summed E-state index contributed by atoms with van der Waals surface area (Å²) in [6, 6.07) is 66.1. The van der Waals surface area contributed by atoms with Crippen molar-refractivity contribution in [1.29, 1.82) is 0 Å². The van der Waals surface area contributed by atoms with Crippen molar-refractivity contribution >= 4 is 42.3 Å². The van der Waals surface area contributed by atoms with Gasteiger partial charge in [0.2, 0.25) is 0 Å². The second kappa shape index (κ2) is 12.7. The van der Waals surface area contributed by atoms with Crippen molar-refractivity contribution in [2.45, 2.75) is 19.3 Å². The van der Waals surface area contributed by atoms with E-state index in [9.17, 15) is 0 Å². The van der Waals surface area contributed by atoms with E-state index in [-0.39, 0.29) is 5.41 Å². The topological polar surface area (TPSA) is 25.8 Å². The molecule has 0 radical (unpaired) electrons. The first-order valence-electron chi connectivity index (χ1n) is 19.2. The lowest BCUT2D eigenvalue weighted by Gasteiger charge is -2.22. The van der Waals surface area contributed by atoms with E-state index in [0.29, 0.717) is 5.82 Å². The van der Waals surface area contributed by atoms with Gasteiger partial charge in [0.25, 0.3) is 0 Å². The van der Waals surface area contributed by atoms with Crippen LogP contribution in [0.1, 0.15) is 25.0 Å². The molecule has 1 aliphatic rings. The SMILES string of the molecule is CC1(C)c2ccccc2-c2ccc(-c3cc(-c4cc(-c5ccc6c(c5)sc5ccccc56)cc(-c5cccc6ccccc56)c4)nc(-c4ccccc4)n3)cc21. The molecule has 3 heteroatoms. The molecule has 0 saturated carbocycles. The molecule has 2 aromatic heterocycles. The van der Waals surface area contributed by atoms with Gasteiger partial charge in [-0.3, -0.25) is 0 Å². The Hall–Kier alpha value is -6.68. The highest BCUT2D eigenvalue weighted by Crippen LogP contribution is 2.49. The third kappa shape index (κ3) is 5.31. The third-order valence-electron chi connectivity index (χ3n) is 11.7. The summed E-state index contributed by atoms with van der Waals surface area (Å²) in [5.41, 5.74) is 14.8. The Labute approximate surface area is 330 Å². The van der Waals surface area contributed by atoms with Crippen LogP contribution in [0.4, 0.5) is 0 Å². The summed E-state index contributed by atoms with van der Waals surface area (Å²) in [6.07, 6.45) is 0. The number of fused-ring (bicyclic) bond motifs is 7. The van der Waals surface area contributed by atoms with Gasteiger partial charge in [0.05, 0.1) is 11.4 Å². The number of nitrogens with zero attached hydrogens (tertiary/aromatic N) is 2. The van der Waals surface area contributed by atoms with Crippen LogP contribution in [0.3, 0.4) is 0 Å². The fraction of sp³-hybridized carbons (Fsp3) is 0.0566. The van der Waals surface area contributed by atoms with Crippen LogP contribution in [-0.2, 0) is 5.41 Å². The molecule has 2 heterocycles. The average molecular weight is 733 g/mol. The number of rotatable bonds is 5. The Balaban J connectivity index is 1.13. The van der Waals surface area contributed by atoms with Crippen LogP contribution < -0.4 is 0 Å². The van der Waals surface area contributed by atoms with Crippen molar-refractivity contribution < 1.29 is 0 Å². The predicted molar refractivity (Wildman–Crippen MR) is 237 cm³/mol. The molecule has 0 saturated heterocycles. The van der Waals surface area contributed by atoms with Crippen LogP contribution in [0.2, 0.25) is 0 Å². The zero-order valence-electron chi connectivity index (χ0n) is 31.1. The molecule has 0 spiro atoms. The molecule has 0 bridgehead atoms. The van der Waals surface area contributed by atoms with Crippen molar-refractivity contribution in [2.75, 3.05) is 0 Å². The first-order chi connectivity index (χ1) is 27.5. The molecular formula is C53H36N2S. The molecule has 2 nitrogen and oxygen atoms in total. The molecule has 264 valence electrons. The minimum atomic E-state index is -0.114. The van der Waals surface area contributed by atoms with Crippen molar-refractivity contribution in [2.24, 2.45) is 0 Å². The number of thiophene rings is 1. The molecule has 0 unspecified atom stereocenters. The van der Waals surface area contributed by atoms with Gasteiger partial charge < -0.3 is 0 Å². The van der Waals surface area contributed by atoms with E-state index < -0.39 is 0 Å². The van der Waals surface area contributed by atoms with Gasteiger partial charge in [-0.15, -0.1) is 11.3 Å². The maximum atomic E-state index is 5.33. The molecule has 11 rings (SSSR count). The first kappa shape index (κ1) is 32.7. The van der Waals surface area contributed by atoms with Gasteiger partial charge in [-0.05, 0) is 97.7 Å². The Kier molecular flexibility index (Phi) is 7.42. The van der Waals surface area contributed by atoms with E-state index in [4.69, 9.17) is 9.97 Å². The minimum absolute atomic E-state index is 0.114. The molecule has 0 amide bonds. The van der Waals surface area contributed by atoms with Crippen LogP contribution in [0.15, 0.2) is 182 Å². The van der Waals surface area contributed by atoms with E-state index in [1.54, 1.807) is 0 Å². The molecular weight excluding hydrogens is 697 g/mol. The van der Waals surface area contributed by atoms with Gasteiger partial charge in [-0.25, -0.2) is 9.97 Å². The van der Waals surface area contributed by atoms with Crippen LogP contribution in [0.25, 0.3) is 98.2 Å². The fourth-order valence-electron chi connectivity index (χ4n) is 8.80. The lowest BCUT2D eigenvalue weighted by Crippen LogP contribution is -2.14. The summed E-state index contributed by atoms with van der Waals surface area (Å²) >= 11 is 1.86. The zero-order chi connectivity index (χ0) is 37.4. The van der Waals surface area contributed by atoms with Crippen LogP contribution in [0, 0.1) is 0 Å². The van der Waals surface area contributed by atoms with Crippen LogP contribution in [-0.4, -0.2) is 9.97 Å². The lowest BCUT2D eigenvalue weighted by atomic mass is 9.82. The maximum absolute atomic E-state index is 5.33. The summed E-state index contributed by atoms with van der Waals surface area (Å²) in [5.74, 6) is 0.713. The number of hydrogen-bond acceptors (Lipinski definition) is 3. The minimum Gasteiger partial charge on any atom is -0.228 e.